The van der Waals surface area contributed by atoms with Gasteiger partial charge in [-0.1, -0.05) is 11.8 Å². The summed E-state index contributed by atoms with van der Waals surface area (Å²) in [4.78, 5) is 12.2. The van der Waals surface area contributed by atoms with Crippen LogP contribution in [0.25, 0.3) is 0 Å². The molecule has 1 aromatic rings. The SMILES string of the molecule is Cc1nnc(S[C@@H](C)C(=O)NC[C@H]2CCCO2)n1C1CC1. The molecule has 1 N–H and O–H groups in total. The van der Waals surface area contributed by atoms with Crippen molar-refractivity contribution >= 4 is 17.7 Å². The molecule has 0 aromatic carbocycles. The Hall–Kier alpha value is -1.08. The standard InChI is InChI=1S/C14H22N4O2S/c1-9(13(19)15-8-12-4-3-7-20-12)21-14-17-16-10(2)18(14)11-5-6-11/h9,11-12H,3-8H2,1-2H3,(H,15,19)/t9-,12+/m0/s1. The molecule has 1 aromatic heterocycles. The van der Waals surface area contributed by atoms with Crippen LogP contribution in [-0.2, 0) is 9.53 Å². The van der Waals surface area contributed by atoms with E-state index in [-0.39, 0.29) is 17.3 Å². The molecule has 0 spiro atoms. The number of carbonyl (C=O) groups is 1. The summed E-state index contributed by atoms with van der Waals surface area (Å²) in [5.41, 5.74) is 0. The quantitative estimate of drug-likeness (QED) is 0.810. The number of nitrogens with zero attached hydrogens (tertiary/aromatic N) is 3. The maximum atomic E-state index is 12.2. The predicted molar refractivity (Wildman–Crippen MR) is 80.3 cm³/mol. The van der Waals surface area contributed by atoms with Gasteiger partial charge in [-0.05, 0) is 39.5 Å². The Balaban J connectivity index is 1.53. The summed E-state index contributed by atoms with van der Waals surface area (Å²) < 4.78 is 7.68. The number of rotatable bonds is 6. The van der Waals surface area contributed by atoms with Crippen molar-refractivity contribution < 1.29 is 9.53 Å². The van der Waals surface area contributed by atoms with Gasteiger partial charge in [0.1, 0.15) is 5.82 Å². The molecule has 2 fully saturated rings. The second kappa shape index (κ2) is 6.36. The number of aryl methyl sites for hydroxylation is 1. The van der Waals surface area contributed by atoms with Crippen molar-refractivity contribution in [2.75, 3.05) is 13.2 Å². The smallest absolute Gasteiger partial charge is 0.233 e. The topological polar surface area (TPSA) is 69.0 Å². The van der Waals surface area contributed by atoms with Crippen LogP contribution in [0.2, 0.25) is 0 Å². The molecule has 7 heteroatoms. The van der Waals surface area contributed by atoms with Crippen LogP contribution < -0.4 is 5.32 Å². The molecule has 0 radical (unpaired) electrons. The summed E-state index contributed by atoms with van der Waals surface area (Å²) in [6, 6.07) is 0.532. The fourth-order valence-corrected chi connectivity index (χ4v) is 3.55. The van der Waals surface area contributed by atoms with Crippen LogP contribution in [0.3, 0.4) is 0 Å². The first-order valence-corrected chi connectivity index (χ1v) is 8.50. The highest BCUT2D eigenvalue weighted by Crippen LogP contribution is 2.39. The molecule has 1 saturated carbocycles. The first-order valence-electron chi connectivity index (χ1n) is 7.62. The Morgan fingerprint density at radius 1 is 1.48 bits per heavy atom. The summed E-state index contributed by atoms with van der Waals surface area (Å²) in [6.45, 7) is 5.31. The molecule has 6 nitrogen and oxygen atoms in total. The van der Waals surface area contributed by atoms with E-state index < -0.39 is 0 Å². The average molecular weight is 310 g/mol. The van der Waals surface area contributed by atoms with E-state index in [9.17, 15) is 4.79 Å². The van der Waals surface area contributed by atoms with E-state index in [1.807, 2.05) is 13.8 Å². The molecule has 3 rings (SSSR count). The monoisotopic (exact) mass is 310 g/mol. The Labute approximate surface area is 129 Å². The highest BCUT2D eigenvalue weighted by molar-refractivity contribution is 8.00. The van der Waals surface area contributed by atoms with Gasteiger partial charge in [0.2, 0.25) is 5.91 Å². The highest BCUT2D eigenvalue weighted by Gasteiger charge is 2.30. The van der Waals surface area contributed by atoms with Crippen molar-refractivity contribution in [1.29, 1.82) is 0 Å². The van der Waals surface area contributed by atoms with Gasteiger partial charge in [-0.25, -0.2) is 0 Å². The first-order chi connectivity index (χ1) is 10.1. The van der Waals surface area contributed by atoms with Crippen LogP contribution in [0, 0.1) is 6.92 Å². The van der Waals surface area contributed by atoms with Crippen LogP contribution in [-0.4, -0.2) is 45.2 Å². The number of ether oxygens (including phenoxy) is 1. The van der Waals surface area contributed by atoms with Gasteiger partial charge in [0.25, 0.3) is 0 Å². The van der Waals surface area contributed by atoms with E-state index in [2.05, 4.69) is 20.1 Å². The number of hydrogen-bond donors (Lipinski definition) is 1. The summed E-state index contributed by atoms with van der Waals surface area (Å²) in [6.07, 6.45) is 4.69. The van der Waals surface area contributed by atoms with Gasteiger partial charge >= 0.3 is 0 Å². The largest absolute Gasteiger partial charge is 0.376 e. The summed E-state index contributed by atoms with van der Waals surface area (Å²) in [7, 11) is 0. The Morgan fingerprint density at radius 2 is 2.29 bits per heavy atom. The maximum Gasteiger partial charge on any atom is 0.233 e. The number of thioether (sulfide) groups is 1. The zero-order valence-corrected chi connectivity index (χ0v) is 13.4. The van der Waals surface area contributed by atoms with Crippen molar-refractivity contribution in [2.24, 2.45) is 0 Å². The lowest BCUT2D eigenvalue weighted by atomic mass is 10.2. The molecular formula is C14H22N4O2S. The molecule has 0 bridgehead atoms. The Bertz CT molecular complexity index is 509. The van der Waals surface area contributed by atoms with Crippen LogP contribution in [0.1, 0.15) is 44.5 Å². The van der Waals surface area contributed by atoms with Gasteiger partial charge in [0.15, 0.2) is 5.16 Å². The number of nitrogens with one attached hydrogen (secondary N) is 1. The third kappa shape index (κ3) is 3.58. The minimum atomic E-state index is -0.174. The van der Waals surface area contributed by atoms with Crippen molar-refractivity contribution in [1.82, 2.24) is 20.1 Å². The molecule has 2 heterocycles. The molecule has 1 aliphatic heterocycles. The zero-order valence-electron chi connectivity index (χ0n) is 12.5. The highest BCUT2D eigenvalue weighted by atomic mass is 32.2. The van der Waals surface area contributed by atoms with Gasteiger partial charge in [0, 0.05) is 19.2 Å². The minimum absolute atomic E-state index is 0.0403. The van der Waals surface area contributed by atoms with Crippen LogP contribution in [0.5, 0.6) is 0 Å². The summed E-state index contributed by atoms with van der Waals surface area (Å²) >= 11 is 1.49. The van der Waals surface area contributed by atoms with Crippen molar-refractivity contribution in [3.8, 4) is 0 Å². The van der Waals surface area contributed by atoms with Gasteiger partial charge in [-0.2, -0.15) is 0 Å². The minimum Gasteiger partial charge on any atom is -0.376 e. The van der Waals surface area contributed by atoms with E-state index in [4.69, 9.17) is 4.74 Å². The summed E-state index contributed by atoms with van der Waals surface area (Å²) in [5.74, 6) is 0.977. The summed E-state index contributed by atoms with van der Waals surface area (Å²) in [5, 5.41) is 12.0. The molecule has 2 atom stereocenters. The first kappa shape index (κ1) is 14.8. The number of amides is 1. The van der Waals surface area contributed by atoms with Gasteiger partial charge in [-0.15, -0.1) is 10.2 Å². The van der Waals surface area contributed by atoms with E-state index in [0.717, 1.165) is 30.4 Å². The molecule has 1 saturated heterocycles. The molecule has 116 valence electrons. The van der Waals surface area contributed by atoms with Gasteiger partial charge in [0.05, 0.1) is 11.4 Å². The second-order valence-corrected chi connectivity index (χ2v) is 7.08. The lowest BCUT2D eigenvalue weighted by Crippen LogP contribution is -2.36. The maximum absolute atomic E-state index is 12.2. The van der Waals surface area contributed by atoms with E-state index >= 15 is 0 Å². The molecular weight excluding hydrogens is 288 g/mol. The van der Waals surface area contributed by atoms with Crippen molar-refractivity contribution in [2.45, 2.75) is 62.1 Å². The number of carbonyl (C=O) groups excluding carboxylic acids is 1. The molecule has 21 heavy (non-hydrogen) atoms. The normalized spacial score (nSPS) is 23.2. The van der Waals surface area contributed by atoms with E-state index in [1.165, 1.54) is 24.6 Å². The lowest BCUT2D eigenvalue weighted by molar-refractivity contribution is -0.120. The van der Waals surface area contributed by atoms with E-state index in [0.29, 0.717) is 12.6 Å². The Morgan fingerprint density at radius 3 is 2.95 bits per heavy atom. The van der Waals surface area contributed by atoms with Crippen molar-refractivity contribution in [3.63, 3.8) is 0 Å². The second-order valence-electron chi connectivity index (χ2n) is 5.77. The molecule has 1 amide bonds. The molecule has 2 aliphatic rings. The number of aromatic nitrogens is 3. The van der Waals surface area contributed by atoms with Crippen LogP contribution in [0.4, 0.5) is 0 Å². The lowest BCUT2D eigenvalue weighted by Gasteiger charge is -2.15. The number of hydrogen-bond acceptors (Lipinski definition) is 5. The van der Waals surface area contributed by atoms with Gasteiger partial charge in [-0.3, -0.25) is 4.79 Å². The third-order valence-electron chi connectivity index (χ3n) is 3.93. The van der Waals surface area contributed by atoms with E-state index in [1.54, 1.807) is 0 Å². The average Bonchev–Trinajstić information content (AvgIpc) is 3.03. The predicted octanol–water partition coefficient (Wildman–Crippen LogP) is 1.70. The fourth-order valence-electron chi connectivity index (χ4n) is 2.56. The van der Waals surface area contributed by atoms with Crippen molar-refractivity contribution in [3.05, 3.63) is 5.82 Å². The van der Waals surface area contributed by atoms with Crippen LogP contribution >= 0.6 is 11.8 Å². The molecule has 1 aliphatic carbocycles. The van der Waals surface area contributed by atoms with Crippen LogP contribution in [0.15, 0.2) is 5.16 Å². The molecule has 0 unspecified atom stereocenters. The van der Waals surface area contributed by atoms with Gasteiger partial charge < -0.3 is 14.6 Å². The Kier molecular flexibility index (Phi) is 4.49. The zero-order chi connectivity index (χ0) is 14.8. The third-order valence-corrected chi connectivity index (χ3v) is 4.98. The fraction of sp³-hybridized carbons (Fsp3) is 0.786.